The molecular formula is C20H38P2S. The molecule has 23 heavy (non-hydrogen) atoms. The molecule has 1 rings (SSSR count). The lowest BCUT2D eigenvalue weighted by atomic mass is 10.3. The van der Waals surface area contributed by atoms with Crippen molar-refractivity contribution in [3.05, 3.63) is 9.75 Å². The molecule has 0 nitrogen and oxygen atoms in total. The molecule has 0 aliphatic heterocycles. The summed E-state index contributed by atoms with van der Waals surface area (Å²) in [6.45, 7) is 14.3. The van der Waals surface area contributed by atoms with Crippen molar-refractivity contribution in [2.24, 2.45) is 0 Å². The summed E-state index contributed by atoms with van der Waals surface area (Å²) in [6.07, 6.45) is 13.7. The second kappa shape index (κ2) is 12.0. The van der Waals surface area contributed by atoms with E-state index < -0.39 is 0 Å². The van der Waals surface area contributed by atoms with E-state index in [9.17, 15) is 0 Å². The van der Waals surface area contributed by atoms with Gasteiger partial charge in [0.1, 0.15) is 0 Å². The third-order valence-corrected chi connectivity index (χ3v) is 12.4. The zero-order valence-electron chi connectivity index (χ0n) is 16.4. The van der Waals surface area contributed by atoms with Gasteiger partial charge in [0.2, 0.25) is 0 Å². The quantitative estimate of drug-likeness (QED) is 0.357. The van der Waals surface area contributed by atoms with Crippen molar-refractivity contribution < 1.29 is 0 Å². The molecule has 0 aliphatic carbocycles. The molecule has 0 bridgehead atoms. The van der Waals surface area contributed by atoms with Crippen LogP contribution in [0.5, 0.6) is 0 Å². The van der Waals surface area contributed by atoms with Crippen LogP contribution in [0, 0.1) is 0 Å². The highest BCUT2D eigenvalue weighted by Crippen LogP contribution is 2.46. The molecule has 0 spiro atoms. The van der Waals surface area contributed by atoms with Crippen molar-refractivity contribution in [2.75, 3.05) is 24.6 Å². The zero-order chi connectivity index (χ0) is 17.2. The molecule has 0 saturated carbocycles. The topological polar surface area (TPSA) is 0 Å². The standard InChI is InChI=1S/C20H38P2S/c1-7-13-21(14-8-2)19-17(11-5)23-18(12-6)20(19)22(15-9-3)16-10-4/h7-16H2,1-6H3. The molecular weight excluding hydrogens is 334 g/mol. The molecule has 3 heteroatoms. The molecule has 0 amide bonds. The van der Waals surface area contributed by atoms with Gasteiger partial charge >= 0.3 is 0 Å². The number of thiophene rings is 1. The van der Waals surface area contributed by atoms with Gasteiger partial charge in [0.15, 0.2) is 0 Å². The van der Waals surface area contributed by atoms with Crippen LogP contribution in [-0.4, -0.2) is 24.6 Å². The van der Waals surface area contributed by atoms with E-state index in [1.54, 1.807) is 9.75 Å². The predicted molar refractivity (Wildman–Crippen MR) is 117 cm³/mol. The van der Waals surface area contributed by atoms with Crippen molar-refractivity contribution in [1.82, 2.24) is 0 Å². The number of hydrogen-bond acceptors (Lipinski definition) is 1. The highest BCUT2D eigenvalue weighted by Gasteiger charge is 2.26. The Labute approximate surface area is 152 Å². The third-order valence-electron chi connectivity index (χ3n) is 4.25. The Morgan fingerprint density at radius 2 is 0.870 bits per heavy atom. The summed E-state index contributed by atoms with van der Waals surface area (Å²) in [4.78, 5) is 3.51. The molecule has 0 radical (unpaired) electrons. The minimum Gasteiger partial charge on any atom is -0.144 e. The van der Waals surface area contributed by atoms with E-state index in [0.717, 1.165) is 0 Å². The van der Waals surface area contributed by atoms with E-state index in [-0.39, 0.29) is 15.8 Å². The van der Waals surface area contributed by atoms with Gasteiger partial charge in [-0.15, -0.1) is 11.3 Å². The first kappa shape index (κ1) is 21.6. The first-order valence-electron chi connectivity index (χ1n) is 9.82. The number of rotatable bonds is 12. The summed E-state index contributed by atoms with van der Waals surface area (Å²) < 4.78 is 0. The van der Waals surface area contributed by atoms with Gasteiger partial charge in [-0.3, -0.25) is 0 Å². The largest absolute Gasteiger partial charge is 0.144 e. The van der Waals surface area contributed by atoms with Crippen molar-refractivity contribution in [3.8, 4) is 0 Å². The molecule has 0 fully saturated rings. The predicted octanol–water partition coefficient (Wildman–Crippen LogP) is 6.73. The molecule has 1 aromatic rings. The summed E-state index contributed by atoms with van der Waals surface area (Å²) in [5, 5.41) is 3.81. The lowest BCUT2D eigenvalue weighted by Crippen LogP contribution is -2.26. The van der Waals surface area contributed by atoms with Crippen LogP contribution < -0.4 is 10.6 Å². The van der Waals surface area contributed by atoms with Crippen LogP contribution in [0.4, 0.5) is 0 Å². The summed E-state index contributed by atoms with van der Waals surface area (Å²) >= 11 is 2.18. The molecule has 0 N–H and O–H groups in total. The molecule has 0 atom stereocenters. The fraction of sp³-hybridized carbons (Fsp3) is 0.800. The van der Waals surface area contributed by atoms with Crippen molar-refractivity contribution >= 4 is 37.8 Å². The molecule has 1 aromatic heterocycles. The first-order chi connectivity index (χ1) is 11.2. The van der Waals surface area contributed by atoms with E-state index in [1.807, 2.05) is 10.6 Å². The highest BCUT2D eigenvalue weighted by molar-refractivity contribution is 7.73. The maximum atomic E-state index is 2.38. The average molecular weight is 373 g/mol. The normalized spacial score (nSPS) is 11.8. The fourth-order valence-corrected chi connectivity index (χ4v) is 11.8. The number of aryl methyl sites for hydroxylation is 2. The van der Waals surface area contributed by atoms with E-state index in [0.29, 0.717) is 0 Å². The van der Waals surface area contributed by atoms with Gasteiger partial charge in [0, 0.05) is 9.75 Å². The third kappa shape index (κ3) is 5.80. The first-order valence-corrected chi connectivity index (χ1v) is 14.1. The van der Waals surface area contributed by atoms with Gasteiger partial charge in [-0.2, -0.15) is 0 Å². The minimum absolute atomic E-state index is 0.0844. The Morgan fingerprint density at radius 3 is 1.09 bits per heavy atom. The van der Waals surface area contributed by atoms with Crippen LogP contribution in [0.15, 0.2) is 0 Å². The van der Waals surface area contributed by atoms with Gasteiger partial charge in [-0.05, 0) is 48.1 Å². The van der Waals surface area contributed by atoms with Gasteiger partial charge in [0.25, 0.3) is 0 Å². The smallest absolute Gasteiger partial charge is 0.0129 e. The Bertz CT molecular complexity index is 389. The summed E-state index contributed by atoms with van der Waals surface area (Å²) in [5.41, 5.74) is 0. The summed E-state index contributed by atoms with van der Waals surface area (Å²) in [7, 11) is 0.169. The SMILES string of the molecule is CCCP(CCC)c1c(CC)sc(CC)c1P(CCC)CCC. The molecule has 0 saturated heterocycles. The van der Waals surface area contributed by atoms with Crippen LogP contribution in [-0.2, 0) is 12.8 Å². The van der Waals surface area contributed by atoms with Gasteiger partial charge in [-0.1, -0.05) is 83.1 Å². The van der Waals surface area contributed by atoms with E-state index >= 15 is 0 Å². The maximum absolute atomic E-state index is 2.38. The van der Waals surface area contributed by atoms with Crippen molar-refractivity contribution in [3.63, 3.8) is 0 Å². The van der Waals surface area contributed by atoms with Crippen LogP contribution in [0.3, 0.4) is 0 Å². The zero-order valence-corrected chi connectivity index (χ0v) is 19.0. The van der Waals surface area contributed by atoms with Gasteiger partial charge in [-0.25, -0.2) is 0 Å². The fourth-order valence-electron chi connectivity index (χ4n) is 3.39. The van der Waals surface area contributed by atoms with Crippen LogP contribution >= 0.6 is 27.2 Å². The van der Waals surface area contributed by atoms with Gasteiger partial charge < -0.3 is 0 Å². The second-order valence-electron chi connectivity index (χ2n) is 6.33. The molecule has 0 aromatic carbocycles. The summed E-state index contributed by atoms with van der Waals surface area (Å²) in [6, 6.07) is 0. The van der Waals surface area contributed by atoms with Crippen LogP contribution in [0.1, 0.15) is 77.0 Å². The minimum atomic E-state index is 0.0844. The van der Waals surface area contributed by atoms with Gasteiger partial charge in [0.05, 0.1) is 0 Å². The Morgan fingerprint density at radius 1 is 0.565 bits per heavy atom. The average Bonchev–Trinajstić information content (AvgIpc) is 2.92. The Balaban J connectivity index is 3.40. The van der Waals surface area contributed by atoms with Crippen LogP contribution in [0.25, 0.3) is 0 Å². The maximum Gasteiger partial charge on any atom is 0.0129 e. The second-order valence-corrected chi connectivity index (χ2v) is 12.4. The van der Waals surface area contributed by atoms with Crippen molar-refractivity contribution in [2.45, 2.75) is 80.1 Å². The monoisotopic (exact) mass is 372 g/mol. The summed E-state index contributed by atoms with van der Waals surface area (Å²) in [5.74, 6) is 0. The van der Waals surface area contributed by atoms with E-state index in [1.165, 1.54) is 63.2 Å². The Hall–Kier alpha value is 0.560. The lowest BCUT2D eigenvalue weighted by molar-refractivity contribution is 1.05. The van der Waals surface area contributed by atoms with Crippen molar-refractivity contribution in [1.29, 1.82) is 0 Å². The highest BCUT2D eigenvalue weighted by atomic mass is 32.1. The molecule has 0 unspecified atom stereocenters. The lowest BCUT2D eigenvalue weighted by Gasteiger charge is -2.25. The molecule has 134 valence electrons. The molecule has 0 aliphatic rings. The number of hydrogen-bond donors (Lipinski definition) is 0. The molecule has 1 heterocycles. The van der Waals surface area contributed by atoms with E-state index in [2.05, 4.69) is 52.9 Å². The van der Waals surface area contributed by atoms with Crippen LogP contribution in [0.2, 0.25) is 0 Å². The Kier molecular flexibility index (Phi) is 11.3. The van der Waals surface area contributed by atoms with E-state index in [4.69, 9.17) is 0 Å².